The first-order valence-electron chi connectivity index (χ1n) is 7.47. The standard InChI is InChI=1S/C19H21NO3/c1-12-7-13(2)9-16(8-12)11-23-19-10-17(14(3)21)5-6-18(19)20-15(4)22/h5-10H,11H2,1-4H3,(H,20,22). The molecule has 2 rings (SSSR count). The lowest BCUT2D eigenvalue weighted by Crippen LogP contribution is -2.09. The first kappa shape index (κ1) is 16.7. The average Bonchev–Trinajstić information content (AvgIpc) is 2.44. The Balaban J connectivity index is 2.26. The monoisotopic (exact) mass is 311 g/mol. The van der Waals surface area contributed by atoms with E-state index in [1.165, 1.54) is 25.0 Å². The van der Waals surface area contributed by atoms with E-state index in [-0.39, 0.29) is 11.7 Å². The van der Waals surface area contributed by atoms with Gasteiger partial charge in [-0.3, -0.25) is 9.59 Å². The number of nitrogens with one attached hydrogen (secondary N) is 1. The maximum Gasteiger partial charge on any atom is 0.221 e. The number of rotatable bonds is 5. The van der Waals surface area contributed by atoms with Crippen LogP contribution in [0.25, 0.3) is 0 Å². The van der Waals surface area contributed by atoms with Gasteiger partial charge in [0.05, 0.1) is 5.69 Å². The fraction of sp³-hybridized carbons (Fsp3) is 0.263. The molecule has 23 heavy (non-hydrogen) atoms. The van der Waals surface area contributed by atoms with Crippen LogP contribution in [0.3, 0.4) is 0 Å². The fourth-order valence-electron chi connectivity index (χ4n) is 2.47. The molecule has 4 heteroatoms. The van der Waals surface area contributed by atoms with Gasteiger partial charge in [0.1, 0.15) is 12.4 Å². The number of anilines is 1. The number of aryl methyl sites for hydroxylation is 2. The molecule has 0 fully saturated rings. The molecule has 0 saturated carbocycles. The second kappa shape index (κ2) is 7.09. The van der Waals surface area contributed by atoms with E-state index in [1.54, 1.807) is 18.2 Å². The highest BCUT2D eigenvalue weighted by molar-refractivity contribution is 5.96. The van der Waals surface area contributed by atoms with E-state index in [4.69, 9.17) is 4.74 Å². The van der Waals surface area contributed by atoms with Crippen LogP contribution in [0, 0.1) is 13.8 Å². The molecule has 0 aromatic heterocycles. The van der Waals surface area contributed by atoms with E-state index in [2.05, 4.69) is 23.5 Å². The van der Waals surface area contributed by atoms with E-state index in [9.17, 15) is 9.59 Å². The van der Waals surface area contributed by atoms with Gasteiger partial charge in [-0.15, -0.1) is 0 Å². The van der Waals surface area contributed by atoms with Crippen molar-refractivity contribution in [1.29, 1.82) is 0 Å². The van der Waals surface area contributed by atoms with Gasteiger partial charge in [0, 0.05) is 12.5 Å². The van der Waals surface area contributed by atoms with E-state index in [0.29, 0.717) is 23.6 Å². The van der Waals surface area contributed by atoms with Crippen molar-refractivity contribution in [2.45, 2.75) is 34.3 Å². The van der Waals surface area contributed by atoms with E-state index < -0.39 is 0 Å². The Morgan fingerprint density at radius 3 is 2.22 bits per heavy atom. The summed E-state index contributed by atoms with van der Waals surface area (Å²) < 4.78 is 5.86. The number of hydrogen-bond donors (Lipinski definition) is 1. The first-order chi connectivity index (χ1) is 10.8. The van der Waals surface area contributed by atoms with Crippen LogP contribution in [0.1, 0.15) is 40.9 Å². The minimum atomic E-state index is -0.183. The van der Waals surface area contributed by atoms with Crippen LogP contribution in [0.15, 0.2) is 36.4 Å². The van der Waals surface area contributed by atoms with Gasteiger partial charge in [0.25, 0.3) is 0 Å². The average molecular weight is 311 g/mol. The van der Waals surface area contributed by atoms with E-state index >= 15 is 0 Å². The Bertz CT molecular complexity index is 730. The molecule has 0 unspecified atom stereocenters. The largest absolute Gasteiger partial charge is 0.487 e. The van der Waals surface area contributed by atoms with Gasteiger partial charge in [-0.1, -0.05) is 29.3 Å². The molecule has 0 bridgehead atoms. The highest BCUT2D eigenvalue weighted by Gasteiger charge is 2.10. The molecule has 0 spiro atoms. The molecule has 2 aromatic carbocycles. The molecule has 0 aliphatic heterocycles. The topological polar surface area (TPSA) is 55.4 Å². The molecule has 0 radical (unpaired) electrons. The van der Waals surface area contributed by atoms with Gasteiger partial charge >= 0.3 is 0 Å². The third-order valence-corrected chi connectivity index (χ3v) is 3.37. The highest BCUT2D eigenvalue weighted by Crippen LogP contribution is 2.27. The van der Waals surface area contributed by atoms with Gasteiger partial charge in [-0.25, -0.2) is 0 Å². The molecular formula is C19H21NO3. The Kier molecular flexibility index (Phi) is 5.16. The van der Waals surface area contributed by atoms with Crippen molar-refractivity contribution in [1.82, 2.24) is 0 Å². The van der Waals surface area contributed by atoms with Crippen molar-refractivity contribution in [2.75, 3.05) is 5.32 Å². The SMILES string of the molecule is CC(=O)Nc1ccc(C(C)=O)cc1OCc1cc(C)cc(C)c1. The normalized spacial score (nSPS) is 10.3. The number of ketones is 1. The smallest absolute Gasteiger partial charge is 0.221 e. The second-order valence-corrected chi connectivity index (χ2v) is 5.73. The molecule has 0 aliphatic carbocycles. The summed E-state index contributed by atoms with van der Waals surface area (Å²) in [5, 5.41) is 2.72. The number of amides is 1. The van der Waals surface area contributed by atoms with Gasteiger partial charge in [0.15, 0.2) is 5.78 Å². The lowest BCUT2D eigenvalue weighted by molar-refractivity contribution is -0.114. The summed E-state index contributed by atoms with van der Waals surface area (Å²) in [5.74, 6) is 0.263. The quantitative estimate of drug-likeness (QED) is 0.848. The van der Waals surface area contributed by atoms with Crippen molar-refractivity contribution < 1.29 is 14.3 Å². The van der Waals surface area contributed by atoms with Crippen LogP contribution in [-0.4, -0.2) is 11.7 Å². The maximum atomic E-state index is 11.6. The number of hydrogen-bond acceptors (Lipinski definition) is 3. The van der Waals surface area contributed by atoms with Crippen molar-refractivity contribution in [3.8, 4) is 5.75 Å². The number of benzene rings is 2. The van der Waals surface area contributed by atoms with Gasteiger partial charge < -0.3 is 10.1 Å². The molecule has 0 saturated heterocycles. The third-order valence-electron chi connectivity index (χ3n) is 3.37. The van der Waals surface area contributed by atoms with Crippen LogP contribution in [0.2, 0.25) is 0 Å². The summed E-state index contributed by atoms with van der Waals surface area (Å²) in [6.07, 6.45) is 0. The lowest BCUT2D eigenvalue weighted by Gasteiger charge is -2.13. The minimum Gasteiger partial charge on any atom is -0.487 e. The summed E-state index contributed by atoms with van der Waals surface area (Å²) in [6, 6.07) is 11.2. The highest BCUT2D eigenvalue weighted by atomic mass is 16.5. The number of carbonyl (C=O) groups is 2. The van der Waals surface area contributed by atoms with Crippen molar-refractivity contribution in [2.24, 2.45) is 0 Å². The molecule has 0 atom stereocenters. The Labute approximate surface area is 136 Å². The Morgan fingerprint density at radius 2 is 1.65 bits per heavy atom. The molecule has 0 aliphatic rings. The van der Waals surface area contributed by atoms with Crippen LogP contribution < -0.4 is 10.1 Å². The Hall–Kier alpha value is -2.62. The number of carbonyl (C=O) groups excluding carboxylic acids is 2. The summed E-state index contributed by atoms with van der Waals surface area (Å²) in [7, 11) is 0. The fourth-order valence-corrected chi connectivity index (χ4v) is 2.47. The van der Waals surface area contributed by atoms with Crippen molar-refractivity contribution in [3.05, 3.63) is 58.7 Å². The summed E-state index contributed by atoms with van der Waals surface area (Å²) in [6.45, 7) is 7.38. The molecular weight excluding hydrogens is 290 g/mol. The predicted molar refractivity (Wildman–Crippen MR) is 91.0 cm³/mol. The lowest BCUT2D eigenvalue weighted by atomic mass is 10.1. The predicted octanol–water partition coefficient (Wildman–Crippen LogP) is 4.04. The van der Waals surface area contributed by atoms with Crippen LogP contribution >= 0.6 is 0 Å². The molecule has 1 N–H and O–H groups in total. The molecule has 4 nitrogen and oxygen atoms in total. The van der Waals surface area contributed by atoms with Gasteiger partial charge in [-0.2, -0.15) is 0 Å². The van der Waals surface area contributed by atoms with Crippen LogP contribution in [-0.2, 0) is 11.4 Å². The summed E-state index contributed by atoms with van der Waals surface area (Å²) in [4.78, 5) is 22.9. The molecule has 1 amide bonds. The van der Waals surface area contributed by atoms with Gasteiger partial charge in [-0.05, 0) is 44.5 Å². The van der Waals surface area contributed by atoms with E-state index in [1.807, 2.05) is 13.8 Å². The third kappa shape index (κ3) is 4.68. The van der Waals surface area contributed by atoms with Gasteiger partial charge in [0.2, 0.25) is 5.91 Å². The van der Waals surface area contributed by atoms with Crippen LogP contribution in [0.4, 0.5) is 5.69 Å². The zero-order valence-corrected chi connectivity index (χ0v) is 13.9. The molecule has 2 aromatic rings. The summed E-state index contributed by atoms with van der Waals surface area (Å²) >= 11 is 0. The minimum absolute atomic E-state index is 0.0457. The molecule has 120 valence electrons. The summed E-state index contributed by atoms with van der Waals surface area (Å²) in [5.41, 5.74) is 4.50. The maximum absolute atomic E-state index is 11.6. The zero-order valence-electron chi connectivity index (χ0n) is 13.9. The van der Waals surface area contributed by atoms with Crippen LogP contribution in [0.5, 0.6) is 5.75 Å². The second-order valence-electron chi connectivity index (χ2n) is 5.73. The number of Topliss-reactive ketones (excluding diaryl/α,β-unsaturated/α-hetero) is 1. The van der Waals surface area contributed by atoms with E-state index in [0.717, 1.165) is 5.56 Å². The van der Waals surface area contributed by atoms with Crippen molar-refractivity contribution >= 4 is 17.4 Å². The zero-order chi connectivity index (χ0) is 17.0. The number of ether oxygens (including phenoxy) is 1. The first-order valence-corrected chi connectivity index (χ1v) is 7.47. The van der Waals surface area contributed by atoms with Crippen molar-refractivity contribution in [3.63, 3.8) is 0 Å². The molecule has 0 heterocycles. The Morgan fingerprint density at radius 1 is 1.00 bits per heavy atom.